The molecule has 2 aliphatic rings. The second-order valence-corrected chi connectivity index (χ2v) is 7.93. The van der Waals surface area contributed by atoms with Gasteiger partial charge < -0.3 is 19.5 Å². The van der Waals surface area contributed by atoms with Crippen LogP contribution in [0.25, 0.3) is 0 Å². The fourth-order valence-corrected chi connectivity index (χ4v) is 4.38. The van der Waals surface area contributed by atoms with Crippen molar-refractivity contribution in [3.63, 3.8) is 0 Å². The van der Waals surface area contributed by atoms with Gasteiger partial charge in [0.15, 0.2) is 0 Å². The molecule has 0 amide bonds. The highest BCUT2D eigenvalue weighted by Gasteiger charge is 2.32. The van der Waals surface area contributed by atoms with Crippen molar-refractivity contribution in [3.8, 4) is 0 Å². The standard InChI is InChI=1S/C22H29N3O2/c1-16-8-9-25(20(16)12-18-6-4-3-5-7-18)21-13-19(14-22(26)23-21)24-10-11-27-17(2)15-24/h3-7,13-14,16-17,20H,8-12,15H2,1-2H3,(H,23,26)/t16-,17+,20-/m0/s1. The second-order valence-electron chi connectivity index (χ2n) is 7.93. The monoisotopic (exact) mass is 367 g/mol. The Morgan fingerprint density at radius 2 is 1.96 bits per heavy atom. The summed E-state index contributed by atoms with van der Waals surface area (Å²) in [5, 5.41) is 0. The molecule has 5 nitrogen and oxygen atoms in total. The van der Waals surface area contributed by atoms with Crippen molar-refractivity contribution in [1.29, 1.82) is 0 Å². The Morgan fingerprint density at radius 1 is 1.15 bits per heavy atom. The number of benzene rings is 1. The van der Waals surface area contributed by atoms with Gasteiger partial charge in [0.05, 0.1) is 12.7 Å². The molecule has 0 saturated carbocycles. The fraction of sp³-hybridized carbons (Fsp3) is 0.500. The van der Waals surface area contributed by atoms with E-state index in [-0.39, 0.29) is 11.7 Å². The molecule has 2 aromatic rings. The predicted molar refractivity (Wildman–Crippen MR) is 110 cm³/mol. The summed E-state index contributed by atoms with van der Waals surface area (Å²) in [6.07, 6.45) is 2.35. The molecule has 2 saturated heterocycles. The van der Waals surface area contributed by atoms with Gasteiger partial charge in [-0.1, -0.05) is 37.3 Å². The van der Waals surface area contributed by atoms with Gasteiger partial charge in [0, 0.05) is 43.5 Å². The van der Waals surface area contributed by atoms with Gasteiger partial charge in [0.2, 0.25) is 0 Å². The summed E-state index contributed by atoms with van der Waals surface area (Å²) in [4.78, 5) is 20.1. The van der Waals surface area contributed by atoms with Crippen molar-refractivity contribution in [3.05, 3.63) is 58.4 Å². The summed E-state index contributed by atoms with van der Waals surface area (Å²) < 4.78 is 5.65. The zero-order chi connectivity index (χ0) is 18.8. The van der Waals surface area contributed by atoms with Crippen LogP contribution in [-0.2, 0) is 11.2 Å². The molecule has 1 N–H and O–H groups in total. The largest absolute Gasteiger partial charge is 0.375 e. The number of hydrogen-bond acceptors (Lipinski definition) is 4. The first kappa shape index (κ1) is 18.1. The Balaban J connectivity index is 1.60. The minimum atomic E-state index is -0.0281. The Bertz CT molecular complexity index is 820. The highest BCUT2D eigenvalue weighted by Crippen LogP contribution is 2.32. The molecule has 144 valence electrons. The average Bonchev–Trinajstić information content (AvgIpc) is 3.03. The first-order valence-corrected chi connectivity index (χ1v) is 10.0. The normalized spacial score (nSPS) is 25.8. The highest BCUT2D eigenvalue weighted by atomic mass is 16.5. The lowest BCUT2D eigenvalue weighted by atomic mass is 9.96. The quantitative estimate of drug-likeness (QED) is 0.902. The molecule has 2 aliphatic heterocycles. The lowest BCUT2D eigenvalue weighted by Gasteiger charge is -2.34. The molecule has 3 atom stereocenters. The van der Waals surface area contributed by atoms with Gasteiger partial charge in [0.25, 0.3) is 5.56 Å². The molecule has 0 spiro atoms. The van der Waals surface area contributed by atoms with Crippen molar-refractivity contribution in [2.45, 2.75) is 38.8 Å². The molecule has 0 aliphatic carbocycles. The summed E-state index contributed by atoms with van der Waals surface area (Å²) in [6.45, 7) is 7.75. The molecule has 1 aromatic heterocycles. The molecule has 5 heteroatoms. The lowest BCUT2D eigenvalue weighted by molar-refractivity contribution is 0.0532. The van der Waals surface area contributed by atoms with Crippen LogP contribution in [0.4, 0.5) is 11.5 Å². The third-order valence-electron chi connectivity index (χ3n) is 5.90. The number of pyridine rings is 1. The van der Waals surface area contributed by atoms with Crippen LogP contribution in [0.5, 0.6) is 0 Å². The van der Waals surface area contributed by atoms with Crippen LogP contribution < -0.4 is 15.4 Å². The summed E-state index contributed by atoms with van der Waals surface area (Å²) in [7, 11) is 0. The zero-order valence-corrected chi connectivity index (χ0v) is 16.2. The lowest BCUT2D eigenvalue weighted by Crippen LogP contribution is -2.42. The van der Waals surface area contributed by atoms with E-state index >= 15 is 0 Å². The number of aromatic amines is 1. The van der Waals surface area contributed by atoms with E-state index < -0.39 is 0 Å². The minimum absolute atomic E-state index is 0.0281. The summed E-state index contributed by atoms with van der Waals surface area (Å²) in [6, 6.07) is 14.9. The van der Waals surface area contributed by atoms with Gasteiger partial charge in [0.1, 0.15) is 5.82 Å². The van der Waals surface area contributed by atoms with Crippen LogP contribution in [-0.4, -0.2) is 43.4 Å². The molecular weight excluding hydrogens is 338 g/mol. The number of nitrogens with zero attached hydrogens (tertiary/aromatic N) is 2. The molecule has 1 aromatic carbocycles. The number of nitrogens with one attached hydrogen (secondary N) is 1. The molecule has 3 heterocycles. The average molecular weight is 367 g/mol. The van der Waals surface area contributed by atoms with Crippen molar-refractivity contribution in [1.82, 2.24) is 4.98 Å². The van der Waals surface area contributed by atoms with Crippen molar-refractivity contribution >= 4 is 11.5 Å². The van der Waals surface area contributed by atoms with Crippen LogP contribution in [0.15, 0.2) is 47.3 Å². The van der Waals surface area contributed by atoms with Gasteiger partial charge in [-0.15, -0.1) is 0 Å². The Hall–Kier alpha value is -2.27. The van der Waals surface area contributed by atoms with Gasteiger partial charge in [-0.2, -0.15) is 0 Å². The van der Waals surface area contributed by atoms with Gasteiger partial charge in [-0.05, 0) is 31.2 Å². The highest BCUT2D eigenvalue weighted by molar-refractivity contribution is 5.56. The molecule has 0 bridgehead atoms. The molecule has 0 unspecified atom stereocenters. The number of hydrogen-bond donors (Lipinski definition) is 1. The smallest absolute Gasteiger partial charge is 0.251 e. The molecule has 27 heavy (non-hydrogen) atoms. The molecule has 2 fully saturated rings. The van der Waals surface area contributed by atoms with Crippen molar-refractivity contribution in [2.75, 3.05) is 36.0 Å². The number of ether oxygens (including phenoxy) is 1. The maximum Gasteiger partial charge on any atom is 0.251 e. The molecular formula is C22H29N3O2. The van der Waals surface area contributed by atoms with Crippen LogP contribution in [0.2, 0.25) is 0 Å². The van der Waals surface area contributed by atoms with E-state index in [9.17, 15) is 4.79 Å². The van der Waals surface area contributed by atoms with E-state index in [2.05, 4.69) is 65.0 Å². The van der Waals surface area contributed by atoms with Gasteiger partial charge in [-0.25, -0.2) is 0 Å². The van der Waals surface area contributed by atoms with Crippen LogP contribution in [0.1, 0.15) is 25.8 Å². The topological polar surface area (TPSA) is 48.6 Å². The van der Waals surface area contributed by atoms with E-state index in [1.54, 1.807) is 6.07 Å². The van der Waals surface area contributed by atoms with E-state index in [0.717, 1.165) is 44.0 Å². The van der Waals surface area contributed by atoms with Crippen molar-refractivity contribution < 1.29 is 4.74 Å². The SMILES string of the molecule is C[C@@H]1CN(c2cc(N3CC[C@H](C)[C@@H]3Cc3ccccc3)[nH]c(=O)c2)CCO1. The minimum Gasteiger partial charge on any atom is -0.375 e. The third-order valence-corrected chi connectivity index (χ3v) is 5.90. The van der Waals surface area contributed by atoms with Gasteiger partial charge >= 0.3 is 0 Å². The van der Waals surface area contributed by atoms with E-state index in [4.69, 9.17) is 4.74 Å². The van der Waals surface area contributed by atoms with Crippen LogP contribution in [0, 0.1) is 5.92 Å². The maximum absolute atomic E-state index is 12.4. The third kappa shape index (κ3) is 4.03. The van der Waals surface area contributed by atoms with E-state index in [0.29, 0.717) is 18.6 Å². The van der Waals surface area contributed by atoms with Gasteiger partial charge in [-0.3, -0.25) is 4.79 Å². The number of anilines is 2. The number of morpholine rings is 1. The van der Waals surface area contributed by atoms with E-state index in [1.807, 2.05) is 0 Å². The Kier molecular flexibility index (Phi) is 5.21. The number of aromatic nitrogens is 1. The fourth-order valence-electron chi connectivity index (χ4n) is 4.38. The predicted octanol–water partition coefficient (Wildman–Crippen LogP) is 3.06. The van der Waals surface area contributed by atoms with Crippen LogP contribution in [0.3, 0.4) is 0 Å². The summed E-state index contributed by atoms with van der Waals surface area (Å²) >= 11 is 0. The Morgan fingerprint density at radius 3 is 2.74 bits per heavy atom. The summed E-state index contributed by atoms with van der Waals surface area (Å²) in [5.41, 5.74) is 2.32. The van der Waals surface area contributed by atoms with E-state index in [1.165, 1.54) is 5.56 Å². The van der Waals surface area contributed by atoms with Crippen LogP contribution >= 0.6 is 0 Å². The molecule has 4 rings (SSSR count). The second kappa shape index (κ2) is 7.77. The first-order valence-electron chi connectivity index (χ1n) is 10.0. The summed E-state index contributed by atoms with van der Waals surface area (Å²) in [5.74, 6) is 1.54. The number of rotatable bonds is 4. The zero-order valence-electron chi connectivity index (χ0n) is 16.2. The molecule has 0 radical (unpaired) electrons. The Labute approximate surface area is 161 Å². The van der Waals surface area contributed by atoms with Crippen molar-refractivity contribution in [2.24, 2.45) is 5.92 Å². The number of H-pyrrole nitrogens is 1. The maximum atomic E-state index is 12.4. The first-order chi connectivity index (χ1) is 13.1.